The fourth-order valence-electron chi connectivity index (χ4n) is 2.24. The molecule has 2 heterocycles. The van der Waals surface area contributed by atoms with Crippen molar-refractivity contribution in [1.82, 2.24) is 9.55 Å². The van der Waals surface area contributed by atoms with Crippen LogP contribution in [-0.4, -0.2) is 33.9 Å². The van der Waals surface area contributed by atoms with Gasteiger partial charge in [-0.05, 0) is 25.7 Å². The maximum atomic E-state index is 9.51. The highest BCUT2D eigenvalue weighted by molar-refractivity contribution is 5.31. The molecule has 0 spiro atoms. The number of anilines is 1. The lowest BCUT2D eigenvalue weighted by Crippen LogP contribution is -2.38. The number of hydrogen-bond donors (Lipinski definition) is 1. The zero-order valence-corrected chi connectivity index (χ0v) is 9.43. The summed E-state index contributed by atoms with van der Waals surface area (Å²) in [6.45, 7) is 3.89. The fraction of sp³-hybridized carbons (Fsp3) is 0.727. The Balaban J connectivity index is 1.97. The average molecular weight is 209 g/mol. The molecule has 0 bridgehead atoms. The smallest absolute Gasteiger partial charge is 0.205 e. The van der Waals surface area contributed by atoms with Crippen molar-refractivity contribution in [2.75, 3.05) is 18.0 Å². The van der Waals surface area contributed by atoms with Gasteiger partial charge in [0.1, 0.15) is 0 Å². The summed E-state index contributed by atoms with van der Waals surface area (Å²) in [5.74, 6) is 1.50. The second kappa shape index (κ2) is 4.23. The molecule has 1 fully saturated rings. The molecule has 1 atom stereocenters. The van der Waals surface area contributed by atoms with E-state index in [0.717, 1.165) is 31.9 Å². The summed E-state index contributed by atoms with van der Waals surface area (Å²) in [6, 6.07) is 0. The van der Waals surface area contributed by atoms with Crippen LogP contribution in [0.4, 0.5) is 5.95 Å². The molecule has 0 aromatic carbocycles. The lowest BCUT2D eigenvalue weighted by molar-refractivity contribution is 0.109. The summed E-state index contributed by atoms with van der Waals surface area (Å²) in [5, 5.41) is 9.51. The number of hydrogen-bond acceptors (Lipinski definition) is 3. The Morgan fingerprint density at radius 3 is 2.60 bits per heavy atom. The van der Waals surface area contributed by atoms with Gasteiger partial charge < -0.3 is 14.6 Å². The average Bonchev–Trinajstić information content (AvgIpc) is 2.65. The summed E-state index contributed by atoms with van der Waals surface area (Å²) in [5.41, 5.74) is 0. The SMILES string of the molecule is CC(O)C1CCN(c2nccn2C)CC1. The van der Waals surface area contributed by atoms with Crippen molar-refractivity contribution in [2.24, 2.45) is 13.0 Å². The van der Waals surface area contributed by atoms with Gasteiger partial charge in [0, 0.05) is 32.5 Å². The number of aromatic nitrogens is 2. The molecule has 15 heavy (non-hydrogen) atoms. The second-order valence-corrected chi connectivity index (χ2v) is 4.40. The zero-order chi connectivity index (χ0) is 10.8. The zero-order valence-electron chi connectivity index (χ0n) is 9.43. The van der Waals surface area contributed by atoms with E-state index < -0.39 is 0 Å². The molecule has 84 valence electrons. The summed E-state index contributed by atoms with van der Waals surface area (Å²) in [6.07, 6.45) is 5.75. The standard InChI is InChI=1S/C11H19N3O/c1-9(15)10-3-6-14(7-4-10)11-12-5-8-13(11)2/h5,8-10,15H,3-4,6-7H2,1-2H3. The monoisotopic (exact) mass is 209 g/mol. The van der Waals surface area contributed by atoms with E-state index in [1.807, 2.05) is 30.9 Å². The van der Waals surface area contributed by atoms with Gasteiger partial charge in [0.05, 0.1) is 6.10 Å². The van der Waals surface area contributed by atoms with Crippen molar-refractivity contribution < 1.29 is 5.11 Å². The summed E-state index contributed by atoms with van der Waals surface area (Å²) >= 11 is 0. The van der Waals surface area contributed by atoms with Gasteiger partial charge in [-0.2, -0.15) is 0 Å². The van der Waals surface area contributed by atoms with Crippen molar-refractivity contribution in [3.05, 3.63) is 12.4 Å². The van der Waals surface area contributed by atoms with E-state index in [4.69, 9.17) is 0 Å². The summed E-state index contributed by atoms with van der Waals surface area (Å²) in [7, 11) is 2.02. The summed E-state index contributed by atoms with van der Waals surface area (Å²) < 4.78 is 2.04. The highest BCUT2D eigenvalue weighted by Gasteiger charge is 2.24. The van der Waals surface area contributed by atoms with E-state index in [-0.39, 0.29) is 6.10 Å². The van der Waals surface area contributed by atoms with Crippen molar-refractivity contribution in [3.8, 4) is 0 Å². The third kappa shape index (κ3) is 2.15. The predicted octanol–water partition coefficient (Wildman–Crippen LogP) is 1.02. The van der Waals surface area contributed by atoms with Gasteiger partial charge in [-0.3, -0.25) is 0 Å². The van der Waals surface area contributed by atoms with Crippen LogP contribution < -0.4 is 4.90 Å². The van der Waals surface area contributed by atoms with Gasteiger partial charge in [-0.15, -0.1) is 0 Å². The molecular weight excluding hydrogens is 190 g/mol. The van der Waals surface area contributed by atoms with Crippen LogP contribution in [0.25, 0.3) is 0 Å². The molecule has 0 amide bonds. The highest BCUT2D eigenvalue weighted by atomic mass is 16.3. The molecule has 1 N–H and O–H groups in total. The van der Waals surface area contributed by atoms with Crippen LogP contribution in [0.5, 0.6) is 0 Å². The minimum atomic E-state index is -0.173. The predicted molar refractivity (Wildman–Crippen MR) is 59.8 cm³/mol. The van der Waals surface area contributed by atoms with Crippen molar-refractivity contribution in [2.45, 2.75) is 25.9 Å². The van der Waals surface area contributed by atoms with Gasteiger partial charge in [-0.25, -0.2) is 4.98 Å². The van der Waals surface area contributed by atoms with Gasteiger partial charge in [-0.1, -0.05) is 0 Å². The lowest BCUT2D eigenvalue weighted by Gasteiger charge is -2.33. The number of nitrogens with zero attached hydrogens (tertiary/aromatic N) is 3. The van der Waals surface area contributed by atoms with E-state index in [1.54, 1.807) is 0 Å². The Labute approximate surface area is 90.5 Å². The molecule has 0 saturated carbocycles. The second-order valence-electron chi connectivity index (χ2n) is 4.40. The van der Waals surface area contributed by atoms with E-state index in [9.17, 15) is 5.11 Å². The quantitative estimate of drug-likeness (QED) is 0.790. The molecule has 1 saturated heterocycles. The van der Waals surface area contributed by atoms with E-state index >= 15 is 0 Å². The van der Waals surface area contributed by atoms with Crippen molar-refractivity contribution in [3.63, 3.8) is 0 Å². The number of aliphatic hydroxyl groups is 1. The molecule has 1 aromatic heterocycles. The van der Waals surface area contributed by atoms with Crippen LogP contribution in [-0.2, 0) is 7.05 Å². The number of aryl methyl sites for hydroxylation is 1. The van der Waals surface area contributed by atoms with Crippen LogP contribution in [0, 0.1) is 5.92 Å². The molecule has 2 rings (SSSR count). The van der Waals surface area contributed by atoms with Crippen LogP contribution in [0.3, 0.4) is 0 Å². The van der Waals surface area contributed by atoms with Gasteiger partial charge in [0.25, 0.3) is 0 Å². The van der Waals surface area contributed by atoms with Crippen LogP contribution >= 0.6 is 0 Å². The molecule has 1 aliphatic rings. The molecule has 4 heteroatoms. The number of imidazole rings is 1. The van der Waals surface area contributed by atoms with Gasteiger partial charge in [0.15, 0.2) is 0 Å². The summed E-state index contributed by atoms with van der Waals surface area (Å²) in [4.78, 5) is 6.63. The lowest BCUT2D eigenvalue weighted by atomic mass is 9.92. The third-order valence-electron chi connectivity index (χ3n) is 3.30. The minimum absolute atomic E-state index is 0.173. The number of aliphatic hydroxyl groups excluding tert-OH is 1. The Morgan fingerprint density at radius 2 is 2.13 bits per heavy atom. The first kappa shape index (κ1) is 10.5. The van der Waals surface area contributed by atoms with E-state index in [2.05, 4.69) is 9.88 Å². The van der Waals surface area contributed by atoms with Gasteiger partial charge >= 0.3 is 0 Å². The molecule has 4 nitrogen and oxygen atoms in total. The Kier molecular flexibility index (Phi) is 2.95. The van der Waals surface area contributed by atoms with Gasteiger partial charge in [0.2, 0.25) is 5.95 Å². The maximum Gasteiger partial charge on any atom is 0.205 e. The minimum Gasteiger partial charge on any atom is -0.393 e. The topological polar surface area (TPSA) is 41.3 Å². The van der Waals surface area contributed by atoms with Crippen LogP contribution in [0.2, 0.25) is 0 Å². The normalized spacial score (nSPS) is 20.6. The first-order valence-corrected chi connectivity index (χ1v) is 5.59. The number of rotatable bonds is 2. The maximum absolute atomic E-state index is 9.51. The van der Waals surface area contributed by atoms with Crippen LogP contribution in [0.1, 0.15) is 19.8 Å². The fourth-order valence-corrected chi connectivity index (χ4v) is 2.24. The molecule has 0 radical (unpaired) electrons. The Morgan fingerprint density at radius 1 is 1.47 bits per heavy atom. The first-order chi connectivity index (χ1) is 7.18. The third-order valence-corrected chi connectivity index (χ3v) is 3.30. The Hall–Kier alpha value is -1.03. The van der Waals surface area contributed by atoms with Crippen molar-refractivity contribution >= 4 is 5.95 Å². The Bertz CT molecular complexity index is 313. The highest BCUT2D eigenvalue weighted by Crippen LogP contribution is 2.23. The van der Waals surface area contributed by atoms with Crippen molar-refractivity contribution in [1.29, 1.82) is 0 Å². The first-order valence-electron chi connectivity index (χ1n) is 5.59. The molecule has 1 aliphatic heterocycles. The molecule has 0 aliphatic carbocycles. The van der Waals surface area contributed by atoms with E-state index in [1.165, 1.54) is 0 Å². The molecule has 1 unspecified atom stereocenters. The van der Waals surface area contributed by atoms with Crippen LogP contribution in [0.15, 0.2) is 12.4 Å². The largest absolute Gasteiger partial charge is 0.393 e. The number of piperidine rings is 1. The molecular formula is C11H19N3O. The van der Waals surface area contributed by atoms with E-state index in [0.29, 0.717) is 5.92 Å². The molecule has 1 aromatic rings.